The third kappa shape index (κ3) is 5.44. The Hall–Kier alpha value is -3.16. The molecule has 1 aromatic heterocycles. The Labute approximate surface area is 151 Å². The summed E-state index contributed by atoms with van der Waals surface area (Å²) < 4.78 is 13.5. The molecule has 0 atom stereocenters. The minimum atomic E-state index is -0.580. The van der Waals surface area contributed by atoms with Gasteiger partial charge in [-0.1, -0.05) is 18.2 Å². The predicted molar refractivity (Wildman–Crippen MR) is 97.5 cm³/mol. The summed E-state index contributed by atoms with van der Waals surface area (Å²) in [6.07, 6.45) is 1.69. The van der Waals surface area contributed by atoms with E-state index in [1.165, 1.54) is 18.2 Å². The molecule has 0 bridgehead atoms. The highest BCUT2D eigenvalue weighted by Crippen LogP contribution is 2.13. The van der Waals surface area contributed by atoms with Gasteiger partial charge in [-0.15, -0.1) is 0 Å². The second-order valence-corrected chi connectivity index (χ2v) is 5.73. The molecule has 0 spiro atoms. The number of nitrogens with one attached hydrogen (secondary N) is 3. The van der Waals surface area contributed by atoms with Crippen LogP contribution < -0.4 is 20.9 Å². The van der Waals surface area contributed by atoms with Gasteiger partial charge in [-0.3, -0.25) is 4.79 Å². The van der Waals surface area contributed by atoms with E-state index in [9.17, 15) is 14.0 Å². The topological polar surface area (TPSA) is 86.4 Å². The monoisotopic (exact) mass is 359 g/mol. The van der Waals surface area contributed by atoms with Crippen molar-refractivity contribution in [2.24, 2.45) is 0 Å². The lowest BCUT2D eigenvalue weighted by Gasteiger charge is -2.16. The zero-order valence-electron chi connectivity index (χ0n) is 14.8. The molecule has 0 aliphatic rings. The summed E-state index contributed by atoms with van der Waals surface area (Å²) in [7, 11) is 3.76. The maximum Gasteiger partial charge on any atom is 0.315 e. The lowest BCUT2D eigenvalue weighted by molar-refractivity contribution is 0.0950. The number of urea groups is 1. The van der Waals surface area contributed by atoms with Gasteiger partial charge in [-0.2, -0.15) is 0 Å². The van der Waals surface area contributed by atoms with E-state index in [0.717, 1.165) is 11.4 Å². The number of amides is 3. The first-order valence-corrected chi connectivity index (χ1v) is 8.14. The van der Waals surface area contributed by atoms with Crippen LogP contribution in [0.15, 0.2) is 42.6 Å². The number of halogens is 1. The van der Waals surface area contributed by atoms with Gasteiger partial charge in [0.2, 0.25) is 0 Å². The summed E-state index contributed by atoms with van der Waals surface area (Å²) in [4.78, 5) is 29.8. The molecule has 7 nitrogen and oxygen atoms in total. The summed E-state index contributed by atoms with van der Waals surface area (Å²) in [6.45, 7) is 0.741. The lowest BCUT2D eigenvalue weighted by Crippen LogP contribution is -2.40. The molecular formula is C18H22FN5O2. The van der Waals surface area contributed by atoms with Crippen LogP contribution >= 0.6 is 0 Å². The van der Waals surface area contributed by atoms with E-state index in [2.05, 4.69) is 20.9 Å². The summed E-state index contributed by atoms with van der Waals surface area (Å²) in [6, 6.07) is 9.06. The Bertz CT molecular complexity index is 767. The second kappa shape index (κ2) is 9.36. The molecule has 2 aromatic rings. The fourth-order valence-corrected chi connectivity index (χ4v) is 2.30. The molecule has 3 N–H and O–H groups in total. The Balaban J connectivity index is 1.71. The lowest BCUT2D eigenvalue weighted by atomic mass is 10.2. The maximum atomic E-state index is 13.5. The normalized spacial score (nSPS) is 10.1. The molecule has 2 rings (SSSR count). The Kier molecular flexibility index (Phi) is 6.90. The summed E-state index contributed by atoms with van der Waals surface area (Å²) in [5.41, 5.74) is 0.866. The van der Waals surface area contributed by atoms with Crippen LogP contribution in [0.1, 0.15) is 15.9 Å². The van der Waals surface area contributed by atoms with Crippen LogP contribution in [0.5, 0.6) is 0 Å². The second-order valence-electron chi connectivity index (χ2n) is 5.73. The fourth-order valence-electron chi connectivity index (χ4n) is 2.30. The van der Waals surface area contributed by atoms with Crippen molar-refractivity contribution in [3.63, 3.8) is 0 Å². The predicted octanol–water partition coefficient (Wildman–Crippen LogP) is 1.52. The number of hydrogen-bond acceptors (Lipinski definition) is 4. The standard InChI is InChI=1S/C18H22FN5O2/c1-24(2)16-13(6-5-9-20-16)12-23-18(26)22-11-10-21-17(25)14-7-3-4-8-15(14)19/h3-9H,10-12H2,1-2H3,(H,21,25)(H2,22,23,26). The maximum absolute atomic E-state index is 13.5. The molecule has 0 fully saturated rings. The number of pyridine rings is 1. The van der Waals surface area contributed by atoms with Gasteiger partial charge < -0.3 is 20.9 Å². The van der Waals surface area contributed by atoms with Crippen molar-refractivity contribution < 1.29 is 14.0 Å². The van der Waals surface area contributed by atoms with Crippen molar-refractivity contribution in [3.05, 3.63) is 59.5 Å². The molecule has 0 saturated heterocycles. The zero-order chi connectivity index (χ0) is 18.9. The molecule has 0 unspecified atom stereocenters. The molecule has 0 aliphatic heterocycles. The van der Waals surface area contributed by atoms with Crippen LogP contribution in [-0.4, -0.2) is 44.1 Å². The number of carbonyl (C=O) groups excluding carboxylic acids is 2. The van der Waals surface area contributed by atoms with E-state index in [-0.39, 0.29) is 24.7 Å². The van der Waals surface area contributed by atoms with Crippen LogP contribution in [0.3, 0.4) is 0 Å². The van der Waals surface area contributed by atoms with Gasteiger partial charge in [0.25, 0.3) is 5.91 Å². The minimum absolute atomic E-state index is 0.0234. The summed E-state index contributed by atoms with van der Waals surface area (Å²) >= 11 is 0. The highest BCUT2D eigenvalue weighted by atomic mass is 19.1. The van der Waals surface area contributed by atoms with E-state index in [1.54, 1.807) is 18.3 Å². The number of carbonyl (C=O) groups is 2. The largest absolute Gasteiger partial charge is 0.362 e. The summed E-state index contributed by atoms with van der Waals surface area (Å²) in [5, 5.41) is 7.92. The van der Waals surface area contributed by atoms with Crippen molar-refractivity contribution in [2.45, 2.75) is 6.54 Å². The van der Waals surface area contributed by atoms with Gasteiger partial charge in [-0.25, -0.2) is 14.2 Å². The SMILES string of the molecule is CN(C)c1ncccc1CNC(=O)NCCNC(=O)c1ccccc1F. The van der Waals surface area contributed by atoms with Gasteiger partial charge in [0, 0.05) is 45.5 Å². The van der Waals surface area contributed by atoms with Gasteiger partial charge >= 0.3 is 6.03 Å². The molecule has 1 heterocycles. The third-order valence-electron chi connectivity index (χ3n) is 3.55. The van der Waals surface area contributed by atoms with Crippen LogP contribution in [0, 0.1) is 5.82 Å². The van der Waals surface area contributed by atoms with Gasteiger partial charge in [0.1, 0.15) is 11.6 Å². The Morgan fingerprint density at radius 3 is 2.50 bits per heavy atom. The van der Waals surface area contributed by atoms with Crippen LogP contribution in [0.2, 0.25) is 0 Å². The average molecular weight is 359 g/mol. The number of nitrogens with zero attached hydrogens (tertiary/aromatic N) is 2. The average Bonchev–Trinajstić information content (AvgIpc) is 2.64. The third-order valence-corrected chi connectivity index (χ3v) is 3.55. The number of benzene rings is 1. The molecule has 1 aromatic carbocycles. The van der Waals surface area contributed by atoms with Gasteiger partial charge in [0.15, 0.2) is 0 Å². The number of hydrogen-bond donors (Lipinski definition) is 3. The van der Waals surface area contributed by atoms with E-state index < -0.39 is 11.7 Å². The molecule has 0 aliphatic carbocycles. The molecule has 8 heteroatoms. The highest BCUT2D eigenvalue weighted by Gasteiger charge is 2.10. The van der Waals surface area contributed by atoms with Crippen molar-refractivity contribution in [1.82, 2.24) is 20.9 Å². The number of anilines is 1. The van der Waals surface area contributed by atoms with Gasteiger partial charge in [0.05, 0.1) is 5.56 Å². The summed E-state index contributed by atoms with van der Waals surface area (Å²) in [5.74, 6) is -0.315. The van der Waals surface area contributed by atoms with Crippen molar-refractivity contribution >= 4 is 17.8 Å². The van der Waals surface area contributed by atoms with E-state index in [1.807, 2.05) is 25.1 Å². The molecule has 0 saturated carbocycles. The fraction of sp³-hybridized carbons (Fsp3) is 0.278. The minimum Gasteiger partial charge on any atom is -0.362 e. The first-order valence-electron chi connectivity index (χ1n) is 8.14. The zero-order valence-corrected chi connectivity index (χ0v) is 14.8. The quantitative estimate of drug-likeness (QED) is 0.654. The van der Waals surface area contributed by atoms with Crippen molar-refractivity contribution in [3.8, 4) is 0 Å². The first-order chi connectivity index (χ1) is 12.5. The molecule has 3 amide bonds. The van der Waals surface area contributed by atoms with Gasteiger partial charge in [-0.05, 0) is 18.2 Å². The molecular weight excluding hydrogens is 337 g/mol. The van der Waals surface area contributed by atoms with Crippen molar-refractivity contribution in [2.75, 3.05) is 32.1 Å². The number of aromatic nitrogens is 1. The number of rotatable bonds is 7. The van der Waals surface area contributed by atoms with E-state index in [4.69, 9.17) is 0 Å². The highest BCUT2D eigenvalue weighted by molar-refractivity contribution is 5.94. The molecule has 0 radical (unpaired) electrons. The van der Waals surface area contributed by atoms with Crippen LogP contribution in [0.25, 0.3) is 0 Å². The van der Waals surface area contributed by atoms with E-state index in [0.29, 0.717) is 6.54 Å². The Morgan fingerprint density at radius 2 is 1.77 bits per heavy atom. The smallest absolute Gasteiger partial charge is 0.315 e. The van der Waals surface area contributed by atoms with Crippen molar-refractivity contribution in [1.29, 1.82) is 0 Å². The Morgan fingerprint density at radius 1 is 1.04 bits per heavy atom. The van der Waals surface area contributed by atoms with Crippen LogP contribution in [-0.2, 0) is 6.54 Å². The van der Waals surface area contributed by atoms with Crippen LogP contribution in [0.4, 0.5) is 15.0 Å². The first kappa shape index (κ1) is 19.2. The molecule has 138 valence electrons. The molecule has 26 heavy (non-hydrogen) atoms. The van der Waals surface area contributed by atoms with E-state index >= 15 is 0 Å².